The van der Waals surface area contributed by atoms with E-state index < -0.39 is 12.2 Å². The van der Waals surface area contributed by atoms with Crippen molar-refractivity contribution in [3.8, 4) is 17.2 Å². The van der Waals surface area contributed by atoms with Crippen molar-refractivity contribution in [1.82, 2.24) is 5.32 Å². The lowest BCUT2D eigenvalue weighted by Gasteiger charge is -2.16. The van der Waals surface area contributed by atoms with Gasteiger partial charge in [-0.05, 0) is 54.4 Å². The minimum atomic E-state index is -0.793. The molecule has 0 saturated heterocycles. The first-order chi connectivity index (χ1) is 16.0. The number of phenols is 1. The number of aromatic hydroxyl groups is 1. The molecule has 3 aromatic carbocycles. The SMILES string of the molecule is COc1ccccc1[C@H](O)COc1ccc(CCNC[C@H](O)c2ccc(O)c(CO)c2)cc1. The minimum Gasteiger partial charge on any atom is -0.508 e. The number of methoxy groups -OCH3 is 1. The van der Waals surface area contributed by atoms with E-state index in [1.54, 1.807) is 25.3 Å². The van der Waals surface area contributed by atoms with Crippen LogP contribution in [0.2, 0.25) is 0 Å². The molecule has 0 bridgehead atoms. The van der Waals surface area contributed by atoms with E-state index in [9.17, 15) is 20.4 Å². The van der Waals surface area contributed by atoms with E-state index in [0.29, 0.717) is 41.3 Å². The molecule has 3 aromatic rings. The summed E-state index contributed by atoms with van der Waals surface area (Å²) >= 11 is 0. The van der Waals surface area contributed by atoms with Crippen LogP contribution < -0.4 is 14.8 Å². The van der Waals surface area contributed by atoms with Crippen LogP contribution in [0.25, 0.3) is 0 Å². The summed E-state index contributed by atoms with van der Waals surface area (Å²) in [6.45, 7) is 0.875. The van der Waals surface area contributed by atoms with E-state index >= 15 is 0 Å². The highest BCUT2D eigenvalue weighted by molar-refractivity contribution is 5.37. The maximum Gasteiger partial charge on any atom is 0.124 e. The van der Waals surface area contributed by atoms with Gasteiger partial charge >= 0.3 is 0 Å². The molecule has 176 valence electrons. The van der Waals surface area contributed by atoms with Gasteiger partial charge in [0.25, 0.3) is 0 Å². The Bertz CT molecular complexity index is 1010. The Morgan fingerprint density at radius 1 is 0.939 bits per heavy atom. The number of benzene rings is 3. The average molecular weight is 454 g/mol. The summed E-state index contributed by atoms with van der Waals surface area (Å²) in [5.74, 6) is 1.31. The number of aliphatic hydroxyl groups excluding tert-OH is 3. The summed E-state index contributed by atoms with van der Waals surface area (Å²) in [6, 6.07) is 19.7. The molecule has 0 aromatic heterocycles. The molecular weight excluding hydrogens is 422 g/mol. The third-order valence-electron chi connectivity index (χ3n) is 5.42. The van der Waals surface area contributed by atoms with Crippen molar-refractivity contribution in [1.29, 1.82) is 0 Å². The van der Waals surface area contributed by atoms with Crippen molar-refractivity contribution < 1.29 is 29.9 Å². The summed E-state index contributed by atoms with van der Waals surface area (Å²) in [7, 11) is 1.57. The third-order valence-corrected chi connectivity index (χ3v) is 5.42. The second kappa shape index (κ2) is 12.2. The van der Waals surface area contributed by atoms with Gasteiger partial charge in [0, 0.05) is 17.7 Å². The molecule has 0 spiro atoms. The van der Waals surface area contributed by atoms with Gasteiger partial charge < -0.3 is 35.2 Å². The Labute approximate surface area is 193 Å². The molecule has 0 aliphatic rings. The van der Waals surface area contributed by atoms with Crippen LogP contribution in [0, 0.1) is 0 Å². The Morgan fingerprint density at radius 3 is 2.42 bits per heavy atom. The molecule has 5 N–H and O–H groups in total. The normalized spacial score (nSPS) is 12.8. The first kappa shape index (κ1) is 24.5. The number of hydrogen-bond acceptors (Lipinski definition) is 7. The molecule has 33 heavy (non-hydrogen) atoms. The van der Waals surface area contributed by atoms with Crippen molar-refractivity contribution in [2.45, 2.75) is 25.2 Å². The van der Waals surface area contributed by atoms with Gasteiger partial charge in [-0.25, -0.2) is 0 Å². The third kappa shape index (κ3) is 6.94. The van der Waals surface area contributed by atoms with Crippen LogP contribution in [0.3, 0.4) is 0 Å². The zero-order chi connectivity index (χ0) is 23.6. The number of rotatable bonds is 12. The fourth-order valence-electron chi connectivity index (χ4n) is 3.49. The molecular formula is C26H31NO6. The standard InChI is InChI=1S/C26H31NO6/c1-32-26-5-3-2-4-22(26)25(31)17-33-21-9-6-18(7-10-21)12-13-27-15-24(30)19-8-11-23(29)20(14-19)16-28/h2-11,14,24-25,27-31H,12-13,15-17H2,1H3/t24-,25+/m0/s1. The zero-order valence-corrected chi connectivity index (χ0v) is 18.6. The number of aliphatic hydroxyl groups is 3. The van der Waals surface area contributed by atoms with Gasteiger partial charge in [0.05, 0.1) is 19.8 Å². The van der Waals surface area contributed by atoms with Gasteiger partial charge in [-0.15, -0.1) is 0 Å². The first-order valence-corrected chi connectivity index (χ1v) is 10.9. The summed E-state index contributed by atoms with van der Waals surface area (Å²) in [4.78, 5) is 0. The van der Waals surface area contributed by atoms with Crippen LogP contribution in [-0.2, 0) is 13.0 Å². The zero-order valence-electron chi connectivity index (χ0n) is 18.6. The van der Waals surface area contributed by atoms with Gasteiger partial charge in [0.15, 0.2) is 0 Å². The molecule has 0 saturated carbocycles. The first-order valence-electron chi connectivity index (χ1n) is 10.9. The molecule has 7 nitrogen and oxygen atoms in total. The van der Waals surface area contributed by atoms with Crippen molar-refractivity contribution in [3.05, 3.63) is 89.0 Å². The highest BCUT2D eigenvalue weighted by Gasteiger charge is 2.13. The Kier molecular flexibility index (Phi) is 9.09. The van der Waals surface area contributed by atoms with Crippen LogP contribution in [0.15, 0.2) is 66.7 Å². The average Bonchev–Trinajstić information content (AvgIpc) is 2.86. The van der Waals surface area contributed by atoms with Crippen LogP contribution >= 0.6 is 0 Å². The summed E-state index contributed by atoms with van der Waals surface area (Å²) < 4.78 is 11.0. The van der Waals surface area contributed by atoms with E-state index in [1.807, 2.05) is 42.5 Å². The van der Waals surface area contributed by atoms with Crippen LogP contribution in [0.5, 0.6) is 17.2 Å². The number of para-hydroxylation sites is 1. The molecule has 3 rings (SSSR count). The summed E-state index contributed by atoms with van der Waals surface area (Å²) in [5.41, 5.74) is 2.83. The molecule has 0 amide bonds. The second-order valence-electron chi connectivity index (χ2n) is 7.73. The van der Waals surface area contributed by atoms with Gasteiger partial charge in [-0.2, -0.15) is 0 Å². The largest absolute Gasteiger partial charge is 0.508 e. The Morgan fingerprint density at radius 2 is 1.70 bits per heavy atom. The highest BCUT2D eigenvalue weighted by Crippen LogP contribution is 2.26. The molecule has 0 aliphatic heterocycles. The fraction of sp³-hybridized carbons (Fsp3) is 0.308. The number of hydrogen-bond donors (Lipinski definition) is 5. The van der Waals surface area contributed by atoms with Gasteiger partial charge in [0.1, 0.15) is 30.0 Å². The molecule has 0 fully saturated rings. The predicted octanol–water partition coefficient (Wildman–Crippen LogP) is 2.87. The quantitative estimate of drug-likeness (QED) is 0.268. The Hall–Kier alpha value is -3.10. The smallest absolute Gasteiger partial charge is 0.124 e. The summed E-state index contributed by atoms with van der Waals surface area (Å²) in [6.07, 6.45) is -0.756. The number of ether oxygens (including phenoxy) is 2. The van der Waals surface area contributed by atoms with Crippen LogP contribution in [-0.4, -0.2) is 47.2 Å². The maximum absolute atomic E-state index is 10.4. The second-order valence-corrected chi connectivity index (χ2v) is 7.73. The number of nitrogens with one attached hydrogen (secondary N) is 1. The van der Waals surface area contributed by atoms with E-state index in [4.69, 9.17) is 9.47 Å². The predicted molar refractivity (Wildman–Crippen MR) is 125 cm³/mol. The molecule has 2 atom stereocenters. The lowest BCUT2D eigenvalue weighted by molar-refractivity contribution is 0.105. The molecule has 0 radical (unpaired) electrons. The Balaban J connectivity index is 1.41. The molecule has 0 aliphatic carbocycles. The van der Waals surface area contributed by atoms with Crippen molar-refractivity contribution in [2.75, 3.05) is 26.8 Å². The van der Waals surface area contributed by atoms with Crippen LogP contribution in [0.1, 0.15) is 34.5 Å². The van der Waals surface area contributed by atoms with Gasteiger partial charge in [-0.3, -0.25) is 0 Å². The highest BCUT2D eigenvalue weighted by atomic mass is 16.5. The van der Waals surface area contributed by atoms with Crippen molar-refractivity contribution in [2.24, 2.45) is 0 Å². The van der Waals surface area contributed by atoms with Gasteiger partial charge in [0.2, 0.25) is 0 Å². The summed E-state index contributed by atoms with van der Waals surface area (Å²) in [5, 5.41) is 42.8. The lowest BCUT2D eigenvalue weighted by atomic mass is 10.1. The van der Waals surface area contributed by atoms with Gasteiger partial charge in [-0.1, -0.05) is 36.4 Å². The topological polar surface area (TPSA) is 111 Å². The fourth-order valence-corrected chi connectivity index (χ4v) is 3.49. The van der Waals surface area contributed by atoms with Crippen molar-refractivity contribution >= 4 is 0 Å². The maximum atomic E-state index is 10.4. The monoisotopic (exact) mass is 453 g/mol. The van der Waals surface area contributed by atoms with E-state index in [0.717, 1.165) is 12.0 Å². The van der Waals surface area contributed by atoms with E-state index in [-0.39, 0.29) is 19.0 Å². The lowest BCUT2D eigenvalue weighted by Crippen LogP contribution is -2.23. The van der Waals surface area contributed by atoms with E-state index in [1.165, 1.54) is 6.07 Å². The van der Waals surface area contributed by atoms with Crippen molar-refractivity contribution in [3.63, 3.8) is 0 Å². The molecule has 0 unspecified atom stereocenters. The molecule has 7 heteroatoms. The minimum absolute atomic E-state index is 0.0168. The van der Waals surface area contributed by atoms with E-state index in [2.05, 4.69) is 5.32 Å². The molecule has 0 heterocycles. The van der Waals surface area contributed by atoms with Crippen LogP contribution in [0.4, 0.5) is 0 Å².